The fraction of sp³-hybridized carbons (Fsp3) is 0.462. The molecule has 0 unspecified atom stereocenters. The predicted octanol–water partition coefficient (Wildman–Crippen LogP) is 2.35. The standard InChI is InChI=1S/C13H19ClN2O/c1-2-8-15-9-7-13(17)16-10-11-3-5-12(14)6-4-11/h3-6,15H,2,7-10H2,1H3,(H,16,17). The fourth-order valence-corrected chi connectivity index (χ4v) is 1.52. The largest absolute Gasteiger partial charge is 0.352 e. The zero-order valence-corrected chi connectivity index (χ0v) is 10.9. The molecule has 3 nitrogen and oxygen atoms in total. The Hall–Kier alpha value is -1.06. The van der Waals surface area contributed by atoms with Crippen molar-refractivity contribution in [2.45, 2.75) is 26.3 Å². The molecule has 0 saturated heterocycles. The summed E-state index contributed by atoms with van der Waals surface area (Å²) >= 11 is 5.78. The van der Waals surface area contributed by atoms with Crippen LogP contribution in [0.1, 0.15) is 25.3 Å². The van der Waals surface area contributed by atoms with Gasteiger partial charge in [-0.05, 0) is 30.7 Å². The third-order valence-electron chi connectivity index (χ3n) is 2.36. The van der Waals surface area contributed by atoms with Crippen molar-refractivity contribution in [1.29, 1.82) is 0 Å². The molecule has 0 aromatic heterocycles. The summed E-state index contributed by atoms with van der Waals surface area (Å²) in [5.74, 6) is 0.0727. The number of halogens is 1. The monoisotopic (exact) mass is 254 g/mol. The summed E-state index contributed by atoms with van der Waals surface area (Å²) < 4.78 is 0. The molecule has 0 radical (unpaired) electrons. The van der Waals surface area contributed by atoms with Gasteiger partial charge in [0.25, 0.3) is 0 Å². The summed E-state index contributed by atoms with van der Waals surface area (Å²) in [5.41, 5.74) is 1.06. The lowest BCUT2D eigenvalue weighted by Gasteiger charge is -2.06. The van der Waals surface area contributed by atoms with Gasteiger partial charge in [-0.3, -0.25) is 4.79 Å². The molecule has 0 heterocycles. The fourth-order valence-electron chi connectivity index (χ4n) is 1.39. The summed E-state index contributed by atoms with van der Waals surface area (Å²) in [6.45, 7) is 4.36. The molecule has 17 heavy (non-hydrogen) atoms. The number of carbonyl (C=O) groups is 1. The Labute approximate surface area is 108 Å². The van der Waals surface area contributed by atoms with E-state index in [1.54, 1.807) is 0 Å². The number of nitrogens with one attached hydrogen (secondary N) is 2. The molecule has 0 aliphatic heterocycles. The first kappa shape index (κ1) is 14.0. The molecule has 94 valence electrons. The molecule has 1 rings (SSSR count). The molecule has 1 aromatic carbocycles. The van der Waals surface area contributed by atoms with Gasteiger partial charge in [0.05, 0.1) is 0 Å². The van der Waals surface area contributed by atoms with Crippen LogP contribution in [0.15, 0.2) is 24.3 Å². The molecule has 1 amide bonds. The average molecular weight is 255 g/mol. The van der Waals surface area contributed by atoms with Gasteiger partial charge in [0.2, 0.25) is 5.91 Å². The maximum atomic E-state index is 11.5. The Balaban J connectivity index is 2.17. The van der Waals surface area contributed by atoms with Crippen LogP contribution >= 0.6 is 11.6 Å². The number of benzene rings is 1. The van der Waals surface area contributed by atoms with Gasteiger partial charge < -0.3 is 10.6 Å². The molecule has 0 saturated carbocycles. The van der Waals surface area contributed by atoms with E-state index in [1.165, 1.54) is 0 Å². The van der Waals surface area contributed by atoms with Crippen LogP contribution in [0, 0.1) is 0 Å². The van der Waals surface area contributed by atoms with Crippen LogP contribution in [0.4, 0.5) is 0 Å². The highest BCUT2D eigenvalue weighted by molar-refractivity contribution is 6.30. The van der Waals surface area contributed by atoms with Crippen LogP contribution in [0.3, 0.4) is 0 Å². The number of hydrogen-bond acceptors (Lipinski definition) is 2. The Morgan fingerprint density at radius 3 is 2.59 bits per heavy atom. The van der Waals surface area contributed by atoms with Crippen molar-refractivity contribution >= 4 is 17.5 Å². The minimum absolute atomic E-state index is 0.0727. The van der Waals surface area contributed by atoms with E-state index < -0.39 is 0 Å². The van der Waals surface area contributed by atoms with Crippen LogP contribution in [0.5, 0.6) is 0 Å². The van der Waals surface area contributed by atoms with E-state index in [0.29, 0.717) is 18.0 Å². The topological polar surface area (TPSA) is 41.1 Å². The minimum atomic E-state index is 0.0727. The van der Waals surface area contributed by atoms with Gasteiger partial charge in [-0.1, -0.05) is 30.7 Å². The van der Waals surface area contributed by atoms with E-state index >= 15 is 0 Å². The van der Waals surface area contributed by atoms with Gasteiger partial charge in [-0.15, -0.1) is 0 Å². The van der Waals surface area contributed by atoms with Gasteiger partial charge in [-0.25, -0.2) is 0 Å². The highest BCUT2D eigenvalue weighted by Gasteiger charge is 2.00. The van der Waals surface area contributed by atoms with Crippen molar-refractivity contribution in [3.05, 3.63) is 34.9 Å². The van der Waals surface area contributed by atoms with E-state index in [0.717, 1.165) is 25.1 Å². The predicted molar refractivity (Wildman–Crippen MR) is 71.1 cm³/mol. The molecule has 1 aromatic rings. The van der Waals surface area contributed by atoms with Crippen molar-refractivity contribution in [2.75, 3.05) is 13.1 Å². The Bertz CT molecular complexity index is 338. The number of rotatable bonds is 7. The van der Waals surface area contributed by atoms with E-state index in [4.69, 9.17) is 11.6 Å². The van der Waals surface area contributed by atoms with E-state index in [1.807, 2.05) is 24.3 Å². The molecule has 0 bridgehead atoms. The number of hydrogen-bond donors (Lipinski definition) is 2. The van der Waals surface area contributed by atoms with Gasteiger partial charge in [0.15, 0.2) is 0 Å². The first-order chi connectivity index (χ1) is 8.22. The molecule has 0 aliphatic carbocycles. The first-order valence-corrected chi connectivity index (χ1v) is 6.32. The maximum Gasteiger partial charge on any atom is 0.221 e. The molecule has 4 heteroatoms. The first-order valence-electron chi connectivity index (χ1n) is 5.94. The van der Waals surface area contributed by atoms with Gasteiger partial charge >= 0.3 is 0 Å². The molecular weight excluding hydrogens is 236 g/mol. The van der Waals surface area contributed by atoms with Crippen molar-refractivity contribution in [1.82, 2.24) is 10.6 Å². The van der Waals surface area contributed by atoms with Gasteiger partial charge in [-0.2, -0.15) is 0 Å². The number of amides is 1. The summed E-state index contributed by atoms with van der Waals surface area (Å²) in [6, 6.07) is 7.48. The lowest BCUT2D eigenvalue weighted by Crippen LogP contribution is -2.27. The lowest BCUT2D eigenvalue weighted by atomic mass is 10.2. The summed E-state index contributed by atoms with van der Waals surface area (Å²) in [4.78, 5) is 11.5. The molecule has 0 fully saturated rings. The van der Waals surface area contributed by atoms with Crippen LogP contribution < -0.4 is 10.6 Å². The summed E-state index contributed by atoms with van der Waals surface area (Å²) in [6.07, 6.45) is 1.61. The Morgan fingerprint density at radius 1 is 1.24 bits per heavy atom. The number of carbonyl (C=O) groups excluding carboxylic acids is 1. The van der Waals surface area contributed by atoms with Crippen molar-refractivity contribution in [3.8, 4) is 0 Å². The molecule has 0 aliphatic rings. The van der Waals surface area contributed by atoms with Crippen LogP contribution in [0.25, 0.3) is 0 Å². The molecular formula is C13H19ClN2O. The smallest absolute Gasteiger partial charge is 0.221 e. The quantitative estimate of drug-likeness (QED) is 0.734. The third kappa shape index (κ3) is 6.29. The van der Waals surface area contributed by atoms with E-state index in [-0.39, 0.29) is 5.91 Å². The highest BCUT2D eigenvalue weighted by Crippen LogP contribution is 2.08. The Morgan fingerprint density at radius 2 is 1.94 bits per heavy atom. The maximum absolute atomic E-state index is 11.5. The summed E-state index contributed by atoms with van der Waals surface area (Å²) in [5, 5.41) is 6.78. The van der Waals surface area contributed by atoms with Gasteiger partial charge in [0.1, 0.15) is 0 Å². The van der Waals surface area contributed by atoms with Gasteiger partial charge in [0, 0.05) is 24.5 Å². The van der Waals surface area contributed by atoms with Crippen LogP contribution in [0.2, 0.25) is 5.02 Å². The summed E-state index contributed by atoms with van der Waals surface area (Å²) in [7, 11) is 0. The van der Waals surface area contributed by atoms with E-state index in [9.17, 15) is 4.79 Å². The van der Waals surface area contributed by atoms with Crippen molar-refractivity contribution in [2.24, 2.45) is 0 Å². The Kier molecular flexibility index (Phi) is 6.67. The SMILES string of the molecule is CCCNCCC(=O)NCc1ccc(Cl)cc1. The van der Waals surface area contributed by atoms with Crippen LogP contribution in [-0.2, 0) is 11.3 Å². The minimum Gasteiger partial charge on any atom is -0.352 e. The molecule has 0 atom stereocenters. The average Bonchev–Trinajstić information content (AvgIpc) is 2.34. The molecule has 0 spiro atoms. The molecule has 2 N–H and O–H groups in total. The lowest BCUT2D eigenvalue weighted by molar-refractivity contribution is -0.121. The van der Waals surface area contributed by atoms with Crippen LogP contribution in [-0.4, -0.2) is 19.0 Å². The third-order valence-corrected chi connectivity index (χ3v) is 2.61. The zero-order chi connectivity index (χ0) is 12.5. The second kappa shape index (κ2) is 8.09. The second-order valence-electron chi connectivity index (χ2n) is 3.90. The second-order valence-corrected chi connectivity index (χ2v) is 4.34. The zero-order valence-electron chi connectivity index (χ0n) is 10.1. The normalized spacial score (nSPS) is 10.2. The van der Waals surface area contributed by atoms with E-state index in [2.05, 4.69) is 17.6 Å². The van der Waals surface area contributed by atoms with Crippen molar-refractivity contribution < 1.29 is 4.79 Å². The highest BCUT2D eigenvalue weighted by atomic mass is 35.5. The van der Waals surface area contributed by atoms with Crippen molar-refractivity contribution in [3.63, 3.8) is 0 Å².